The van der Waals surface area contributed by atoms with E-state index in [0.29, 0.717) is 11.4 Å². The van der Waals surface area contributed by atoms with E-state index in [0.717, 1.165) is 0 Å². The number of fused-ring (bicyclic) bond motifs is 1. The molecule has 0 unspecified atom stereocenters. The third-order valence-electron chi connectivity index (χ3n) is 6.10. The molecule has 0 radical (unpaired) electrons. The Morgan fingerprint density at radius 2 is 1.12 bits per heavy atom. The van der Waals surface area contributed by atoms with Crippen LogP contribution < -0.4 is 20.1 Å². The molecule has 4 aromatic rings. The maximum atomic E-state index is 13.4. The van der Waals surface area contributed by atoms with Crippen LogP contribution in [0.1, 0.15) is 25.3 Å². The Morgan fingerprint density at radius 1 is 0.674 bits per heavy atom. The summed E-state index contributed by atoms with van der Waals surface area (Å²) < 4.78 is 58.4. The summed E-state index contributed by atoms with van der Waals surface area (Å²) in [5.74, 6) is -2.12. The van der Waals surface area contributed by atoms with Gasteiger partial charge in [0.05, 0.1) is 33.3 Å². The molecule has 12 nitrogen and oxygen atoms in total. The molecular weight excluding hydrogens is 592 g/mol. The summed E-state index contributed by atoms with van der Waals surface area (Å²) >= 11 is 0. The molecule has 0 saturated heterocycles. The van der Waals surface area contributed by atoms with Crippen molar-refractivity contribution in [3.8, 4) is 12.1 Å². The molecule has 0 saturated carbocycles. The number of sulfonamides is 2. The molecule has 0 fully saturated rings. The van der Waals surface area contributed by atoms with Crippen LogP contribution in [0.4, 0.5) is 22.7 Å². The fourth-order valence-electron chi connectivity index (χ4n) is 4.23. The van der Waals surface area contributed by atoms with Gasteiger partial charge in [0.1, 0.15) is 0 Å². The highest BCUT2D eigenvalue weighted by Crippen LogP contribution is 2.39. The first-order valence-corrected chi connectivity index (χ1v) is 15.5. The molecular formula is C29H24N6O6S2. The second-order valence-corrected chi connectivity index (χ2v) is 12.6. The number of carbonyl (C=O) groups excluding carboxylic acids is 2. The minimum atomic E-state index is -4.28. The Hall–Kier alpha value is -5.44. The minimum Gasteiger partial charge on any atom is -0.326 e. The molecule has 2 amide bonds. The molecule has 0 aliphatic carbocycles. The molecule has 0 aromatic heterocycles. The maximum Gasteiger partial charge on any atom is 0.261 e. The Morgan fingerprint density at radius 3 is 1.56 bits per heavy atom. The van der Waals surface area contributed by atoms with Crippen LogP contribution in [0.15, 0.2) is 88.7 Å². The summed E-state index contributed by atoms with van der Waals surface area (Å²) in [6.45, 7) is 2.63. The van der Waals surface area contributed by atoms with Crippen molar-refractivity contribution in [2.45, 2.75) is 29.6 Å². The number of nitrogens with zero attached hydrogens (tertiary/aromatic N) is 2. The summed E-state index contributed by atoms with van der Waals surface area (Å²) in [6, 6.07) is 22.0. The second kappa shape index (κ2) is 12.2. The van der Waals surface area contributed by atoms with Crippen LogP contribution in [0.25, 0.3) is 10.8 Å². The van der Waals surface area contributed by atoms with Gasteiger partial charge in [0.25, 0.3) is 20.0 Å². The fourth-order valence-corrected chi connectivity index (χ4v) is 6.41. The van der Waals surface area contributed by atoms with Gasteiger partial charge in [-0.15, -0.1) is 0 Å². The van der Waals surface area contributed by atoms with Crippen LogP contribution in [0.3, 0.4) is 0 Å². The predicted octanol–water partition coefficient (Wildman–Crippen LogP) is 4.49. The van der Waals surface area contributed by atoms with Crippen LogP contribution in [0.5, 0.6) is 0 Å². The third kappa shape index (κ3) is 6.90. The van der Waals surface area contributed by atoms with Crippen molar-refractivity contribution in [3.63, 3.8) is 0 Å². The molecule has 4 aromatic carbocycles. The molecule has 4 rings (SSSR count). The monoisotopic (exact) mass is 616 g/mol. The first-order chi connectivity index (χ1) is 20.3. The molecule has 0 aliphatic heterocycles. The van der Waals surface area contributed by atoms with E-state index in [1.165, 1.54) is 74.5 Å². The summed E-state index contributed by atoms with van der Waals surface area (Å²) in [5, 5.41) is 25.1. The van der Waals surface area contributed by atoms with Crippen molar-refractivity contribution >= 4 is 65.4 Å². The van der Waals surface area contributed by atoms with E-state index in [1.807, 2.05) is 12.1 Å². The fraction of sp³-hybridized carbons (Fsp3) is 0.103. The number of amides is 2. The van der Waals surface area contributed by atoms with Crippen molar-refractivity contribution in [1.82, 2.24) is 0 Å². The summed E-state index contributed by atoms with van der Waals surface area (Å²) in [4.78, 5) is 22.3. The van der Waals surface area contributed by atoms with E-state index in [-0.39, 0.29) is 49.3 Å². The van der Waals surface area contributed by atoms with Crippen molar-refractivity contribution in [1.29, 1.82) is 10.5 Å². The lowest BCUT2D eigenvalue weighted by Crippen LogP contribution is -2.17. The first-order valence-electron chi connectivity index (χ1n) is 12.5. The number of rotatable bonds is 9. The molecule has 0 bridgehead atoms. The Bertz CT molecular complexity index is 2020. The van der Waals surface area contributed by atoms with Crippen LogP contribution in [0, 0.1) is 22.7 Å². The van der Waals surface area contributed by atoms with Crippen molar-refractivity contribution < 1.29 is 26.4 Å². The average Bonchev–Trinajstić information content (AvgIpc) is 2.95. The van der Waals surface area contributed by atoms with Gasteiger partial charge >= 0.3 is 0 Å². The topological polar surface area (TPSA) is 198 Å². The smallest absolute Gasteiger partial charge is 0.261 e. The normalized spacial score (nSPS) is 11.3. The third-order valence-corrected chi connectivity index (χ3v) is 8.84. The van der Waals surface area contributed by atoms with Gasteiger partial charge in [-0.1, -0.05) is 24.3 Å². The van der Waals surface area contributed by atoms with E-state index in [1.54, 1.807) is 18.2 Å². The van der Waals surface area contributed by atoms with Gasteiger partial charge in [0.15, 0.2) is 5.92 Å². The Kier molecular flexibility index (Phi) is 8.66. The number of carbonyl (C=O) groups is 2. The molecule has 14 heteroatoms. The average molecular weight is 617 g/mol. The lowest BCUT2D eigenvalue weighted by atomic mass is 9.95. The highest BCUT2D eigenvalue weighted by molar-refractivity contribution is 7.93. The first kappa shape index (κ1) is 30.5. The second-order valence-electron chi connectivity index (χ2n) is 9.25. The maximum absolute atomic E-state index is 13.4. The van der Waals surface area contributed by atoms with Gasteiger partial charge in [-0.2, -0.15) is 10.5 Å². The van der Waals surface area contributed by atoms with Crippen LogP contribution in [-0.2, 0) is 29.6 Å². The lowest BCUT2D eigenvalue weighted by molar-refractivity contribution is -0.115. The number of nitrogens with one attached hydrogen (secondary N) is 4. The van der Waals surface area contributed by atoms with E-state index in [4.69, 9.17) is 0 Å². The van der Waals surface area contributed by atoms with Crippen molar-refractivity contribution in [3.05, 3.63) is 84.4 Å². The van der Waals surface area contributed by atoms with Crippen LogP contribution in [0.2, 0.25) is 0 Å². The summed E-state index contributed by atoms with van der Waals surface area (Å²) in [6.07, 6.45) is 0. The molecule has 218 valence electrons. The summed E-state index contributed by atoms with van der Waals surface area (Å²) in [7, 11) is -8.48. The molecule has 0 aliphatic rings. The number of hydrogen-bond acceptors (Lipinski definition) is 8. The molecule has 0 atom stereocenters. The van der Waals surface area contributed by atoms with Crippen LogP contribution in [-0.4, -0.2) is 28.6 Å². The minimum absolute atomic E-state index is 0.00893. The zero-order chi connectivity index (χ0) is 31.4. The lowest BCUT2D eigenvalue weighted by Gasteiger charge is -2.19. The van der Waals surface area contributed by atoms with Gasteiger partial charge in [-0.3, -0.25) is 19.0 Å². The summed E-state index contributed by atoms with van der Waals surface area (Å²) in [5.41, 5.74) is 0.646. The zero-order valence-corrected chi connectivity index (χ0v) is 24.4. The SMILES string of the molecule is CC(=O)Nc1ccc(S(=O)(=O)Nc2cc(C(C#N)C#N)c(NS(=O)(=O)c3ccc(NC(C)=O)cc3)c3ccccc23)cc1. The molecule has 43 heavy (non-hydrogen) atoms. The van der Waals surface area contributed by atoms with E-state index in [9.17, 15) is 36.9 Å². The van der Waals surface area contributed by atoms with Gasteiger partial charge < -0.3 is 10.6 Å². The Balaban J connectivity index is 1.81. The van der Waals surface area contributed by atoms with Gasteiger partial charge in [-0.25, -0.2) is 16.8 Å². The number of anilines is 4. The zero-order valence-electron chi connectivity index (χ0n) is 22.7. The Labute approximate surface area is 248 Å². The quantitative estimate of drug-likeness (QED) is 0.211. The molecule has 4 N–H and O–H groups in total. The van der Waals surface area contributed by atoms with E-state index >= 15 is 0 Å². The van der Waals surface area contributed by atoms with Gasteiger partial charge in [-0.05, 0) is 54.6 Å². The molecule has 0 heterocycles. The van der Waals surface area contributed by atoms with E-state index < -0.39 is 26.0 Å². The van der Waals surface area contributed by atoms with Crippen molar-refractivity contribution in [2.75, 3.05) is 20.1 Å². The van der Waals surface area contributed by atoms with Gasteiger partial charge in [0.2, 0.25) is 11.8 Å². The highest BCUT2D eigenvalue weighted by Gasteiger charge is 2.26. The molecule has 0 spiro atoms. The standard InChI is InChI=1S/C29H24N6O6S2/c1-18(36)32-21-7-11-23(12-8-21)42(38,39)34-28-15-27(20(16-30)17-31)29(26-6-4-3-5-25(26)28)35-43(40,41)24-13-9-22(10-14-24)33-19(2)37/h3-15,20,34-35H,1-2H3,(H,32,36)(H,33,37). The van der Waals surface area contributed by atoms with Crippen molar-refractivity contribution in [2.24, 2.45) is 0 Å². The van der Waals surface area contributed by atoms with E-state index in [2.05, 4.69) is 20.1 Å². The largest absolute Gasteiger partial charge is 0.326 e. The number of nitriles is 2. The number of hydrogen-bond donors (Lipinski definition) is 4. The van der Waals surface area contributed by atoms with Gasteiger partial charge in [0, 0.05) is 41.6 Å². The highest BCUT2D eigenvalue weighted by atomic mass is 32.2. The predicted molar refractivity (Wildman–Crippen MR) is 161 cm³/mol. The number of benzene rings is 4. The van der Waals surface area contributed by atoms with Crippen LogP contribution >= 0.6 is 0 Å².